The summed E-state index contributed by atoms with van der Waals surface area (Å²) in [5, 5.41) is 6.89. The minimum Gasteiger partial charge on any atom is -0.361 e. The summed E-state index contributed by atoms with van der Waals surface area (Å²) in [7, 11) is 1.87. The second-order valence-corrected chi connectivity index (χ2v) is 6.71. The van der Waals surface area contributed by atoms with Crippen LogP contribution in [0.15, 0.2) is 34.9 Å². The first-order valence-corrected chi connectivity index (χ1v) is 8.78. The van der Waals surface area contributed by atoms with Gasteiger partial charge in [0.05, 0.1) is 11.7 Å². The molecule has 0 spiro atoms. The van der Waals surface area contributed by atoms with Crippen molar-refractivity contribution in [1.29, 1.82) is 0 Å². The van der Waals surface area contributed by atoms with Gasteiger partial charge in [-0.1, -0.05) is 11.2 Å². The number of hydrogen-bond acceptors (Lipinski definition) is 5. The van der Waals surface area contributed by atoms with Crippen LogP contribution in [0.25, 0.3) is 0 Å². The number of rotatable bonds is 6. The van der Waals surface area contributed by atoms with Gasteiger partial charge in [0.15, 0.2) is 0 Å². The van der Waals surface area contributed by atoms with Crippen molar-refractivity contribution >= 4 is 23.2 Å². The zero-order valence-electron chi connectivity index (χ0n) is 15.4. The molecule has 3 rings (SSSR count). The van der Waals surface area contributed by atoms with Gasteiger partial charge in [-0.2, -0.15) is 0 Å². The molecule has 1 aliphatic heterocycles. The van der Waals surface area contributed by atoms with E-state index in [0.717, 1.165) is 30.1 Å². The third-order valence-corrected chi connectivity index (χ3v) is 4.63. The van der Waals surface area contributed by atoms with Crippen LogP contribution in [0.1, 0.15) is 31.2 Å². The second-order valence-electron chi connectivity index (χ2n) is 6.71. The van der Waals surface area contributed by atoms with Crippen LogP contribution in [0.5, 0.6) is 0 Å². The molecule has 0 radical (unpaired) electrons. The van der Waals surface area contributed by atoms with Crippen molar-refractivity contribution in [3.05, 3.63) is 41.8 Å². The van der Waals surface area contributed by atoms with Gasteiger partial charge in [-0.25, -0.2) is 0 Å². The maximum absolute atomic E-state index is 12.6. The van der Waals surface area contributed by atoms with Crippen LogP contribution in [0.3, 0.4) is 0 Å². The number of aryl methyl sites for hydroxylation is 1. The van der Waals surface area contributed by atoms with Gasteiger partial charge in [-0.05, 0) is 45.5 Å². The van der Waals surface area contributed by atoms with Gasteiger partial charge in [-0.15, -0.1) is 0 Å². The molecule has 26 heavy (non-hydrogen) atoms. The summed E-state index contributed by atoms with van der Waals surface area (Å²) in [5.41, 5.74) is 2.30. The molecule has 2 aromatic rings. The van der Waals surface area contributed by atoms with Gasteiger partial charge >= 0.3 is 0 Å². The monoisotopic (exact) mass is 356 g/mol. The van der Waals surface area contributed by atoms with Gasteiger partial charge < -0.3 is 14.7 Å². The minimum atomic E-state index is -0.343. The van der Waals surface area contributed by atoms with E-state index >= 15 is 0 Å². The Hall–Kier alpha value is -2.67. The molecule has 7 nitrogen and oxygen atoms in total. The number of amides is 2. The van der Waals surface area contributed by atoms with Crippen LogP contribution in [0, 0.1) is 6.92 Å². The Kier molecular flexibility index (Phi) is 5.37. The molecule has 1 N–H and O–H groups in total. The number of carbonyl (C=O) groups is 2. The summed E-state index contributed by atoms with van der Waals surface area (Å²) in [5.74, 6) is 0.765. The molecule has 1 saturated heterocycles. The van der Waals surface area contributed by atoms with E-state index in [9.17, 15) is 9.59 Å². The predicted molar refractivity (Wildman–Crippen MR) is 98.8 cm³/mol. The van der Waals surface area contributed by atoms with E-state index < -0.39 is 0 Å². The first kappa shape index (κ1) is 18.1. The Balaban J connectivity index is 1.62. The molecular weight excluding hydrogens is 332 g/mol. The summed E-state index contributed by atoms with van der Waals surface area (Å²) < 4.78 is 5.06. The number of hydrogen-bond donors (Lipinski definition) is 1. The van der Waals surface area contributed by atoms with Crippen molar-refractivity contribution in [3.63, 3.8) is 0 Å². The van der Waals surface area contributed by atoms with Gasteiger partial charge in [-0.3, -0.25) is 14.5 Å². The zero-order valence-corrected chi connectivity index (χ0v) is 15.4. The molecular formula is C19H24N4O3. The number of anilines is 2. The molecule has 2 amide bonds. The summed E-state index contributed by atoms with van der Waals surface area (Å²) in [6.07, 6.45) is 1.46. The Morgan fingerprint density at radius 1 is 1.42 bits per heavy atom. The van der Waals surface area contributed by atoms with Crippen LogP contribution in [0.2, 0.25) is 0 Å². The van der Waals surface area contributed by atoms with Gasteiger partial charge in [0.1, 0.15) is 5.76 Å². The zero-order chi connectivity index (χ0) is 18.7. The Morgan fingerprint density at radius 2 is 2.23 bits per heavy atom. The summed E-state index contributed by atoms with van der Waals surface area (Å²) in [4.78, 5) is 28.1. The molecule has 1 unspecified atom stereocenters. The van der Waals surface area contributed by atoms with E-state index in [2.05, 4.69) is 10.5 Å². The van der Waals surface area contributed by atoms with Gasteiger partial charge in [0.2, 0.25) is 11.8 Å². The SMILES string of the molecule is Cc1cc(CN(C)C(C)C(=O)Nc2cccc(N3CCCC3=O)c2)no1. The highest BCUT2D eigenvalue weighted by atomic mass is 16.5. The lowest BCUT2D eigenvalue weighted by Crippen LogP contribution is -2.39. The highest BCUT2D eigenvalue weighted by Gasteiger charge is 2.23. The topological polar surface area (TPSA) is 78.7 Å². The molecule has 1 atom stereocenters. The third kappa shape index (κ3) is 4.11. The average molecular weight is 356 g/mol. The molecule has 1 aromatic carbocycles. The lowest BCUT2D eigenvalue weighted by atomic mass is 10.2. The van der Waals surface area contributed by atoms with E-state index in [1.165, 1.54) is 0 Å². The lowest BCUT2D eigenvalue weighted by molar-refractivity contribution is -0.120. The van der Waals surface area contributed by atoms with E-state index in [4.69, 9.17) is 4.52 Å². The number of aromatic nitrogens is 1. The minimum absolute atomic E-state index is 0.113. The summed E-state index contributed by atoms with van der Waals surface area (Å²) in [6, 6.07) is 8.93. The quantitative estimate of drug-likeness (QED) is 0.861. The van der Waals surface area contributed by atoms with E-state index in [0.29, 0.717) is 18.7 Å². The number of carbonyl (C=O) groups excluding carboxylic acids is 2. The fourth-order valence-electron chi connectivity index (χ4n) is 3.00. The van der Waals surface area contributed by atoms with Crippen molar-refractivity contribution in [1.82, 2.24) is 10.1 Å². The maximum Gasteiger partial charge on any atom is 0.241 e. The van der Waals surface area contributed by atoms with Crippen molar-refractivity contribution in [2.24, 2.45) is 0 Å². The van der Waals surface area contributed by atoms with E-state index in [1.807, 2.05) is 56.1 Å². The standard InChI is InChI=1S/C19H24N4O3/c1-13-10-16(21-26-13)12-22(3)14(2)19(25)20-15-6-4-7-17(11-15)23-9-5-8-18(23)24/h4,6-7,10-11,14H,5,8-9,12H2,1-3H3,(H,20,25). The number of nitrogens with one attached hydrogen (secondary N) is 1. The fourth-order valence-corrected chi connectivity index (χ4v) is 3.00. The number of nitrogens with zero attached hydrogens (tertiary/aromatic N) is 3. The van der Waals surface area contributed by atoms with E-state index in [-0.39, 0.29) is 17.9 Å². The van der Waals surface area contributed by atoms with Crippen LogP contribution in [-0.2, 0) is 16.1 Å². The first-order valence-electron chi connectivity index (χ1n) is 8.78. The fraction of sp³-hybridized carbons (Fsp3) is 0.421. The summed E-state index contributed by atoms with van der Waals surface area (Å²) in [6.45, 7) is 4.93. The highest BCUT2D eigenvalue weighted by Crippen LogP contribution is 2.24. The highest BCUT2D eigenvalue weighted by molar-refractivity contribution is 5.98. The maximum atomic E-state index is 12.6. The molecule has 1 aliphatic rings. The predicted octanol–water partition coefficient (Wildman–Crippen LogP) is 2.57. The molecule has 2 heterocycles. The van der Waals surface area contributed by atoms with Crippen LogP contribution in [-0.4, -0.2) is 41.5 Å². The normalized spacial score (nSPS) is 15.5. The van der Waals surface area contributed by atoms with Crippen LogP contribution >= 0.6 is 0 Å². The molecule has 0 saturated carbocycles. The number of benzene rings is 1. The van der Waals surface area contributed by atoms with Crippen molar-refractivity contribution in [2.75, 3.05) is 23.8 Å². The van der Waals surface area contributed by atoms with Crippen LogP contribution in [0.4, 0.5) is 11.4 Å². The Bertz CT molecular complexity index is 802. The molecule has 0 bridgehead atoms. The summed E-state index contributed by atoms with van der Waals surface area (Å²) >= 11 is 0. The second kappa shape index (κ2) is 7.70. The molecule has 1 fully saturated rings. The number of likely N-dealkylation sites (N-methyl/N-ethyl adjacent to an activating group) is 1. The smallest absolute Gasteiger partial charge is 0.241 e. The lowest BCUT2D eigenvalue weighted by Gasteiger charge is -2.23. The first-order chi connectivity index (χ1) is 12.4. The van der Waals surface area contributed by atoms with Crippen molar-refractivity contribution in [2.45, 2.75) is 39.3 Å². The Morgan fingerprint density at radius 3 is 2.88 bits per heavy atom. The third-order valence-electron chi connectivity index (χ3n) is 4.63. The van der Waals surface area contributed by atoms with Gasteiger partial charge in [0, 0.05) is 37.0 Å². The molecule has 138 valence electrons. The van der Waals surface area contributed by atoms with Crippen LogP contribution < -0.4 is 10.2 Å². The van der Waals surface area contributed by atoms with Gasteiger partial charge in [0.25, 0.3) is 0 Å². The largest absolute Gasteiger partial charge is 0.361 e. The van der Waals surface area contributed by atoms with Crippen molar-refractivity contribution in [3.8, 4) is 0 Å². The average Bonchev–Trinajstić information content (AvgIpc) is 3.22. The molecule has 7 heteroatoms. The van der Waals surface area contributed by atoms with Crippen molar-refractivity contribution < 1.29 is 14.1 Å². The van der Waals surface area contributed by atoms with E-state index in [1.54, 1.807) is 4.90 Å². The molecule has 0 aliphatic carbocycles. The Labute approximate surface area is 152 Å². The molecule has 1 aromatic heterocycles.